The van der Waals surface area contributed by atoms with Crippen LogP contribution in [0.15, 0.2) is 18.2 Å². The van der Waals surface area contributed by atoms with Crippen molar-refractivity contribution in [1.82, 2.24) is 4.90 Å². The normalized spacial score (nSPS) is 11.9. The van der Waals surface area contributed by atoms with Gasteiger partial charge in [-0.05, 0) is 32.0 Å². The first kappa shape index (κ1) is 15.0. The summed E-state index contributed by atoms with van der Waals surface area (Å²) in [6.45, 7) is 9.04. The molecule has 0 saturated carbocycles. The molecule has 1 rings (SSSR count). The smallest absolute Gasteiger partial charge is 0.123 e. The minimum atomic E-state index is 0.145. The molecule has 1 aromatic carbocycles. The molecule has 0 atom stereocenters. The minimum absolute atomic E-state index is 0.145. The number of aryl methyl sites for hydroxylation is 1. The maximum Gasteiger partial charge on any atom is 0.123 e. The maximum atomic E-state index is 5.78. The van der Waals surface area contributed by atoms with Crippen LogP contribution in [0.3, 0.4) is 0 Å². The predicted octanol–water partition coefficient (Wildman–Crippen LogP) is 2.42. The van der Waals surface area contributed by atoms with E-state index < -0.39 is 0 Å². The summed E-state index contributed by atoms with van der Waals surface area (Å²) >= 11 is 0. The predicted molar refractivity (Wildman–Crippen MR) is 76.9 cm³/mol. The second-order valence-corrected chi connectivity index (χ2v) is 5.86. The molecule has 0 heterocycles. The molecule has 3 heteroatoms. The Balaban J connectivity index is 2.75. The number of nitrogens with zero attached hydrogens (tertiary/aromatic N) is 1. The fourth-order valence-corrected chi connectivity index (χ4v) is 2.17. The number of ether oxygens (including phenoxy) is 1. The van der Waals surface area contributed by atoms with Crippen molar-refractivity contribution < 1.29 is 4.74 Å². The molecule has 0 spiro atoms. The molecule has 0 radical (unpaired) electrons. The van der Waals surface area contributed by atoms with Crippen LogP contribution < -0.4 is 10.5 Å². The second-order valence-electron chi connectivity index (χ2n) is 5.86. The standard InChI is InChI=1S/C15H26N2O/c1-12-6-7-14(18-5)13(8-12)9-17(4)11-15(2,3)10-16/h6-8H,9-11,16H2,1-5H3. The average Bonchev–Trinajstić information content (AvgIpc) is 2.28. The first-order chi connectivity index (χ1) is 8.38. The Hall–Kier alpha value is -1.06. The van der Waals surface area contributed by atoms with Gasteiger partial charge in [0.25, 0.3) is 0 Å². The SMILES string of the molecule is COc1ccc(C)cc1CN(C)CC(C)(C)CN. The molecule has 0 fully saturated rings. The van der Waals surface area contributed by atoms with Crippen molar-refractivity contribution >= 4 is 0 Å². The van der Waals surface area contributed by atoms with Crippen LogP contribution in [0, 0.1) is 12.3 Å². The van der Waals surface area contributed by atoms with E-state index in [9.17, 15) is 0 Å². The third kappa shape index (κ3) is 4.31. The van der Waals surface area contributed by atoms with Gasteiger partial charge < -0.3 is 15.4 Å². The summed E-state index contributed by atoms with van der Waals surface area (Å²) in [5.74, 6) is 0.956. The lowest BCUT2D eigenvalue weighted by molar-refractivity contribution is 0.208. The number of rotatable bonds is 6. The number of benzene rings is 1. The number of hydrogen-bond donors (Lipinski definition) is 1. The number of methoxy groups -OCH3 is 1. The van der Waals surface area contributed by atoms with Crippen LogP contribution in [0.1, 0.15) is 25.0 Å². The highest BCUT2D eigenvalue weighted by atomic mass is 16.5. The summed E-state index contributed by atoms with van der Waals surface area (Å²) in [5, 5.41) is 0. The van der Waals surface area contributed by atoms with Crippen LogP contribution in [0.4, 0.5) is 0 Å². The first-order valence-corrected chi connectivity index (χ1v) is 6.40. The van der Waals surface area contributed by atoms with Crippen LogP contribution in [-0.2, 0) is 6.54 Å². The Kier molecular flexibility index (Phi) is 5.17. The molecule has 0 aromatic heterocycles. The zero-order chi connectivity index (χ0) is 13.8. The van der Waals surface area contributed by atoms with E-state index in [1.807, 2.05) is 6.07 Å². The number of hydrogen-bond acceptors (Lipinski definition) is 3. The quantitative estimate of drug-likeness (QED) is 0.842. The summed E-state index contributed by atoms with van der Waals surface area (Å²) < 4.78 is 5.41. The molecular formula is C15H26N2O. The zero-order valence-electron chi connectivity index (χ0n) is 12.3. The van der Waals surface area contributed by atoms with Crippen molar-refractivity contribution in [2.75, 3.05) is 27.2 Å². The van der Waals surface area contributed by atoms with Crippen molar-refractivity contribution in [3.8, 4) is 5.75 Å². The monoisotopic (exact) mass is 250 g/mol. The average molecular weight is 250 g/mol. The van der Waals surface area contributed by atoms with Crippen LogP contribution in [0.2, 0.25) is 0 Å². The molecule has 2 N–H and O–H groups in total. The molecule has 1 aromatic rings. The van der Waals surface area contributed by atoms with Crippen molar-refractivity contribution in [3.63, 3.8) is 0 Å². The summed E-state index contributed by atoms with van der Waals surface area (Å²) in [7, 11) is 3.84. The van der Waals surface area contributed by atoms with Gasteiger partial charge >= 0.3 is 0 Å². The lowest BCUT2D eigenvalue weighted by Crippen LogP contribution is -2.36. The zero-order valence-corrected chi connectivity index (χ0v) is 12.3. The molecule has 0 saturated heterocycles. The molecule has 102 valence electrons. The lowest BCUT2D eigenvalue weighted by Gasteiger charge is -2.29. The van der Waals surface area contributed by atoms with E-state index in [0.29, 0.717) is 6.54 Å². The van der Waals surface area contributed by atoms with E-state index in [1.54, 1.807) is 7.11 Å². The van der Waals surface area contributed by atoms with Gasteiger partial charge in [-0.3, -0.25) is 0 Å². The van der Waals surface area contributed by atoms with Crippen LogP contribution in [-0.4, -0.2) is 32.1 Å². The van der Waals surface area contributed by atoms with Crippen LogP contribution in [0.5, 0.6) is 5.75 Å². The highest BCUT2D eigenvalue weighted by Crippen LogP contribution is 2.22. The van der Waals surface area contributed by atoms with E-state index in [4.69, 9.17) is 10.5 Å². The fourth-order valence-electron chi connectivity index (χ4n) is 2.17. The van der Waals surface area contributed by atoms with E-state index in [2.05, 4.69) is 44.9 Å². The molecule has 0 aliphatic carbocycles. The topological polar surface area (TPSA) is 38.5 Å². The maximum absolute atomic E-state index is 5.78. The van der Waals surface area contributed by atoms with Crippen LogP contribution >= 0.6 is 0 Å². The number of nitrogens with two attached hydrogens (primary N) is 1. The Morgan fingerprint density at radius 3 is 2.56 bits per heavy atom. The molecular weight excluding hydrogens is 224 g/mol. The highest BCUT2D eigenvalue weighted by molar-refractivity contribution is 5.36. The summed E-state index contributed by atoms with van der Waals surface area (Å²) in [6, 6.07) is 6.30. The van der Waals surface area contributed by atoms with Gasteiger partial charge in [0.1, 0.15) is 5.75 Å². The van der Waals surface area contributed by atoms with Gasteiger partial charge in [-0.1, -0.05) is 31.5 Å². The largest absolute Gasteiger partial charge is 0.496 e. The lowest BCUT2D eigenvalue weighted by atomic mass is 9.93. The third-order valence-corrected chi connectivity index (χ3v) is 3.13. The molecule has 0 amide bonds. The molecule has 18 heavy (non-hydrogen) atoms. The molecule has 0 aliphatic heterocycles. The van der Waals surface area contributed by atoms with Gasteiger partial charge in [0.2, 0.25) is 0 Å². The van der Waals surface area contributed by atoms with Crippen molar-refractivity contribution in [1.29, 1.82) is 0 Å². The van der Waals surface area contributed by atoms with Crippen molar-refractivity contribution in [2.24, 2.45) is 11.1 Å². The highest BCUT2D eigenvalue weighted by Gasteiger charge is 2.18. The molecule has 0 bridgehead atoms. The second kappa shape index (κ2) is 6.21. The minimum Gasteiger partial charge on any atom is -0.496 e. The van der Waals surface area contributed by atoms with Gasteiger partial charge in [-0.25, -0.2) is 0 Å². The molecule has 0 aliphatic rings. The van der Waals surface area contributed by atoms with Gasteiger partial charge in [0.15, 0.2) is 0 Å². The third-order valence-electron chi connectivity index (χ3n) is 3.13. The van der Waals surface area contributed by atoms with E-state index in [-0.39, 0.29) is 5.41 Å². The van der Waals surface area contributed by atoms with Crippen molar-refractivity contribution in [3.05, 3.63) is 29.3 Å². The van der Waals surface area contributed by atoms with E-state index >= 15 is 0 Å². The van der Waals surface area contributed by atoms with Gasteiger partial charge in [0, 0.05) is 18.7 Å². The van der Waals surface area contributed by atoms with Crippen molar-refractivity contribution in [2.45, 2.75) is 27.3 Å². The Morgan fingerprint density at radius 1 is 1.33 bits per heavy atom. The Labute approximate surface area is 111 Å². The van der Waals surface area contributed by atoms with Crippen LogP contribution in [0.25, 0.3) is 0 Å². The Bertz CT molecular complexity index is 388. The summed E-state index contributed by atoms with van der Waals surface area (Å²) in [5.41, 5.74) is 8.41. The summed E-state index contributed by atoms with van der Waals surface area (Å²) in [4.78, 5) is 2.30. The van der Waals surface area contributed by atoms with Gasteiger partial charge in [-0.15, -0.1) is 0 Å². The first-order valence-electron chi connectivity index (χ1n) is 6.40. The van der Waals surface area contributed by atoms with Gasteiger partial charge in [0.05, 0.1) is 7.11 Å². The van der Waals surface area contributed by atoms with Gasteiger partial charge in [-0.2, -0.15) is 0 Å². The van der Waals surface area contributed by atoms with E-state index in [0.717, 1.165) is 18.8 Å². The summed E-state index contributed by atoms with van der Waals surface area (Å²) in [6.07, 6.45) is 0. The van der Waals surface area contributed by atoms with E-state index in [1.165, 1.54) is 11.1 Å². The fraction of sp³-hybridized carbons (Fsp3) is 0.600. The molecule has 0 unspecified atom stereocenters. The Morgan fingerprint density at radius 2 is 2.00 bits per heavy atom. The molecule has 3 nitrogen and oxygen atoms in total.